The summed E-state index contributed by atoms with van der Waals surface area (Å²) in [5.41, 5.74) is 6.17. The highest BCUT2D eigenvalue weighted by molar-refractivity contribution is 5.85. The second-order valence-electron chi connectivity index (χ2n) is 4.19. The number of hydrogen-bond donors (Lipinski definition) is 2. The molecule has 1 unspecified atom stereocenters. The van der Waals surface area contributed by atoms with Crippen LogP contribution in [-0.2, 0) is 16.1 Å². The number of carboxylic acid groups (broad SMARTS) is 1. The van der Waals surface area contributed by atoms with E-state index in [9.17, 15) is 14.0 Å². The van der Waals surface area contributed by atoms with Crippen LogP contribution in [0.5, 0.6) is 0 Å². The zero-order valence-electron chi connectivity index (χ0n) is 10.7. The minimum atomic E-state index is -1.12. The monoisotopic (exact) mass is 268 g/mol. The third kappa shape index (κ3) is 4.67. The standard InChI is InChI=1S/C13H17FN2O3/c1-2-16(13(19)11(15)7-12(17)18)8-9-4-3-5-10(14)6-9/h3-6,11H,2,7-8,15H2,1H3,(H,17,18). The van der Waals surface area contributed by atoms with Crippen molar-refractivity contribution in [2.24, 2.45) is 5.73 Å². The van der Waals surface area contributed by atoms with E-state index < -0.39 is 24.3 Å². The Morgan fingerprint density at radius 3 is 2.68 bits per heavy atom. The molecule has 0 saturated heterocycles. The van der Waals surface area contributed by atoms with Crippen LogP contribution in [0.1, 0.15) is 18.9 Å². The first kappa shape index (κ1) is 15.1. The van der Waals surface area contributed by atoms with E-state index in [4.69, 9.17) is 10.8 Å². The van der Waals surface area contributed by atoms with Crippen molar-refractivity contribution in [2.45, 2.75) is 25.9 Å². The van der Waals surface area contributed by atoms with Crippen LogP contribution in [-0.4, -0.2) is 34.5 Å². The predicted molar refractivity (Wildman–Crippen MR) is 67.7 cm³/mol. The van der Waals surface area contributed by atoms with Gasteiger partial charge in [0.1, 0.15) is 5.82 Å². The molecule has 1 atom stereocenters. The third-order valence-corrected chi connectivity index (χ3v) is 2.67. The van der Waals surface area contributed by atoms with Crippen molar-refractivity contribution in [1.29, 1.82) is 0 Å². The molecular weight excluding hydrogens is 251 g/mol. The number of amides is 1. The Morgan fingerprint density at radius 1 is 1.47 bits per heavy atom. The zero-order chi connectivity index (χ0) is 14.4. The van der Waals surface area contributed by atoms with Crippen LogP contribution in [0.2, 0.25) is 0 Å². The Labute approximate surface area is 110 Å². The van der Waals surface area contributed by atoms with Gasteiger partial charge in [0.05, 0.1) is 12.5 Å². The SMILES string of the molecule is CCN(Cc1cccc(F)c1)C(=O)C(N)CC(=O)O. The Balaban J connectivity index is 2.72. The van der Waals surface area contributed by atoms with Crippen LogP contribution in [0, 0.1) is 5.82 Å². The van der Waals surface area contributed by atoms with Crippen LogP contribution in [0.4, 0.5) is 4.39 Å². The summed E-state index contributed by atoms with van der Waals surface area (Å²) in [7, 11) is 0. The van der Waals surface area contributed by atoms with Gasteiger partial charge in [0, 0.05) is 13.1 Å². The van der Waals surface area contributed by atoms with Gasteiger partial charge in [0.15, 0.2) is 0 Å². The van der Waals surface area contributed by atoms with Crippen LogP contribution in [0.3, 0.4) is 0 Å². The fourth-order valence-electron chi connectivity index (χ4n) is 1.71. The first-order valence-electron chi connectivity index (χ1n) is 5.94. The maximum absolute atomic E-state index is 13.0. The van der Waals surface area contributed by atoms with E-state index in [-0.39, 0.29) is 12.4 Å². The first-order chi connectivity index (χ1) is 8.93. The smallest absolute Gasteiger partial charge is 0.305 e. The number of carboxylic acids is 1. The van der Waals surface area contributed by atoms with Crippen molar-refractivity contribution >= 4 is 11.9 Å². The van der Waals surface area contributed by atoms with E-state index in [2.05, 4.69) is 0 Å². The average molecular weight is 268 g/mol. The molecule has 104 valence electrons. The van der Waals surface area contributed by atoms with Gasteiger partial charge in [-0.1, -0.05) is 12.1 Å². The second-order valence-corrected chi connectivity index (χ2v) is 4.19. The number of nitrogens with two attached hydrogens (primary N) is 1. The molecule has 1 aromatic carbocycles. The summed E-state index contributed by atoms with van der Waals surface area (Å²) < 4.78 is 13.0. The van der Waals surface area contributed by atoms with Gasteiger partial charge in [-0.25, -0.2) is 4.39 Å². The molecule has 6 heteroatoms. The van der Waals surface area contributed by atoms with E-state index in [1.165, 1.54) is 17.0 Å². The van der Waals surface area contributed by atoms with Gasteiger partial charge in [0.2, 0.25) is 5.91 Å². The molecule has 0 aliphatic heterocycles. The zero-order valence-corrected chi connectivity index (χ0v) is 10.7. The topological polar surface area (TPSA) is 83.6 Å². The molecule has 3 N–H and O–H groups in total. The predicted octanol–water partition coefficient (Wildman–Crippen LogP) is 0.976. The fraction of sp³-hybridized carbons (Fsp3) is 0.385. The number of carbonyl (C=O) groups is 2. The van der Waals surface area contributed by atoms with Crippen molar-refractivity contribution in [3.05, 3.63) is 35.6 Å². The number of likely N-dealkylation sites (N-methyl/N-ethyl adjacent to an activating group) is 1. The summed E-state index contributed by atoms with van der Waals surface area (Å²) >= 11 is 0. The summed E-state index contributed by atoms with van der Waals surface area (Å²) in [4.78, 5) is 23.9. The highest BCUT2D eigenvalue weighted by Gasteiger charge is 2.22. The number of carbonyl (C=O) groups excluding carboxylic acids is 1. The lowest BCUT2D eigenvalue weighted by atomic mass is 10.1. The van der Waals surface area contributed by atoms with Crippen LogP contribution in [0.25, 0.3) is 0 Å². The molecule has 0 aromatic heterocycles. The highest BCUT2D eigenvalue weighted by atomic mass is 19.1. The van der Waals surface area contributed by atoms with Gasteiger partial charge in [-0.3, -0.25) is 9.59 Å². The fourth-order valence-corrected chi connectivity index (χ4v) is 1.71. The number of nitrogens with zero attached hydrogens (tertiary/aromatic N) is 1. The number of aliphatic carboxylic acids is 1. The van der Waals surface area contributed by atoms with Gasteiger partial charge in [-0.2, -0.15) is 0 Å². The van der Waals surface area contributed by atoms with Crippen molar-refractivity contribution in [3.8, 4) is 0 Å². The normalized spacial score (nSPS) is 11.9. The Kier molecular flexibility index (Phi) is 5.44. The van der Waals surface area contributed by atoms with E-state index in [1.54, 1.807) is 19.1 Å². The van der Waals surface area contributed by atoms with Gasteiger partial charge in [-0.05, 0) is 24.6 Å². The van der Waals surface area contributed by atoms with Gasteiger partial charge in [0.25, 0.3) is 0 Å². The first-order valence-corrected chi connectivity index (χ1v) is 5.94. The largest absolute Gasteiger partial charge is 0.481 e. The molecule has 0 aliphatic carbocycles. The molecule has 0 spiro atoms. The molecule has 0 fully saturated rings. The molecule has 0 radical (unpaired) electrons. The molecule has 0 bridgehead atoms. The second kappa shape index (κ2) is 6.84. The minimum absolute atomic E-state index is 0.209. The summed E-state index contributed by atoms with van der Waals surface area (Å²) in [6, 6.07) is 4.82. The maximum Gasteiger partial charge on any atom is 0.305 e. The lowest BCUT2D eigenvalue weighted by Gasteiger charge is -2.23. The van der Waals surface area contributed by atoms with Gasteiger partial charge in [-0.15, -0.1) is 0 Å². The lowest BCUT2D eigenvalue weighted by Crippen LogP contribution is -2.44. The maximum atomic E-state index is 13.0. The van der Waals surface area contributed by atoms with Crippen molar-refractivity contribution in [3.63, 3.8) is 0 Å². The van der Waals surface area contributed by atoms with Crippen molar-refractivity contribution < 1.29 is 19.1 Å². The van der Waals surface area contributed by atoms with E-state index >= 15 is 0 Å². The molecular formula is C13H17FN2O3. The highest BCUT2D eigenvalue weighted by Crippen LogP contribution is 2.09. The van der Waals surface area contributed by atoms with Crippen molar-refractivity contribution in [1.82, 2.24) is 4.90 Å². The van der Waals surface area contributed by atoms with Gasteiger partial charge < -0.3 is 15.7 Å². The summed E-state index contributed by atoms with van der Waals surface area (Å²) in [6.45, 7) is 2.34. The van der Waals surface area contributed by atoms with E-state index in [1.807, 2.05) is 0 Å². The Morgan fingerprint density at radius 2 is 2.16 bits per heavy atom. The molecule has 1 amide bonds. The van der Waals surface area contributed by atoms with Crippen LogP contribution in [0.15, 0.2) is 24.3 Å². The summed E-state index contributed by atoms with van der Waals surface area (Å²) in [5.74, 6) is -1.95. The quantitative estimate of drug-likeness (QED) is 0.805. The number of halogens is 1. The van der Waals surface area contributed by atoms with Crippen LogP contribution < -0.4 is 5.73 Å². The Hall–Kier alpha value is -1.95. The molecule has 19 heavy (non-hydrogen) atoms. The van der Waals surface area contributed by atoms with Crippen LogP contribution >= 0.6 is 0 Å². The Bertz CT molecular complexity index is 465. The molecule has 5 nitrogen and oxygen atoms in total. The molecule has 0 saturated carbocycles. The average Bonchev–Trinajstić information content (AvgIpc) is 2.34. The minimum Gasteiger partial charge on any atom is -0.481 e. The summed E-state index contributed by atoms with van der Waals surface area (Å²) in [6.07, 6.45) is -0.418. The number of benzene rings is 1. The molecule has 1 rings (SSSR count). The molecule has 0 aliphatic rings. The van der Waals surface area contributed by atoms with Gasteiger partial charge >= 0.3 is 5.97 Å². The van der Waals surface area contributed by atoms with Crippen molar-refractivity contribution in [2.75, 3.05) is 6.54 Å². The van der Waals surface area contributed by atoms with E-state index in [0.717, 1.165) is 0 Å². The van der Waals surface area contributed by atoms with E-state index in [0.29, 0.717) is 12.1 Å². The summed E-state index contributed by atoms with van der Waals surface area (Å²) in [5, 5.41) is 8.61. The number of rotatable bonds is 6. The lowest BCUT2D eigenvalue weighted by molar-refractivity contribution is -0.142. The molecule has 0 heterocycles. The molecule has 1 aromatic rings. The number of hydrogen-bond acceptors (Lipinski definition) is 3. The third-order valence-electron chi connectivity index (χ3n) is 2.67.